The molecule has 0 radical (unpaired) electrons. The maximum atomic E-state index is 14.8. The predicted octanol–water partition coefficient (Wildman–Crippen LogP) is 3.92. The topological polar surface area (TPSA) is 86.1 Å². The standard InChI is InChI=1S/C24H30FN3O5/c1-13-5-16(9-18(25)21(13)32-17-7-14-6-15(14)8-17)26-22(29)20-19(10-30-3)33-23(27-20)28-11-24(2,12-28)31-4/h5,9,14-15,17H,6-8,10-12H2,1-4H3,(H,26,29). The molecule has 178 valence electrons. The fourth-order valence-corrected chi connectivity index (χ4v) is 4.97. The van der Waals surface area contributed by atoms with Gasteiger partial charge in [0.2, 0.25) is 0 Å². The molecule has 3 fully saturated rings. The summed E-state index contributed by atoms with van der Waals surface area (Å²) in [5.41, 5.74) is 0.820. The van der Waals surface area contributed by atoms with E-state index in [-0.39, 0.29) is 29.8 Å². The number of carbonyl (C=O) groups is 1. The van der Waals surface area contributed by atoms with Gasteiger partial charge in [-0.2, -0.15) is 4.98 Å². The molecular formula is C24H30FN3O5. The fraction of sp³-hybridized carbons (Fsp3) is 0.583. The number of ether oxygens (including phenoxy) is 3. The second kappa shape index (κ2) is 8.29. The van der Waals surface area contributed by atoms with Crippen LogP contribution in [0.2, 0.25) is 0 Å². The van der Waals surface area contributed by atoms with Crippen LogP contribution in [-0.2, 0) is 16.1 Å². The summed E-state index contributed by atoms with van der Waals surface area (Å²) in [7, 11) is 3.18. The van der Waals surface area contributed by atoms with Crippen molar-refractivity contribution in [3.05, 3.63) is 35.0 Å². The molecule has 1 amide bonds. The van der Waals surface area contributed by atoms with Crippen LogP contribution in [0, 0.1) is 24.6 Å². The number of methoxy groups -OCH3 is 2. The van der Waals surface area contributed by atoms with Crippen LogP contribution in [0.3, 0.4) is 0 Å². The van der Waals surface area contributed by atoms with Crippen molar-refractivity contribution in [1.29, 1.82) is 0 Å². The number of benzene rings is 1. The van der Waals surface area contributed by atoms with Crippen LogP contribution < -0.4 is 15.0 Å². The normalized spacial score (nSPS) is 24.9. The molecule has 1 aromatic heterocycles. The quantitative estimate of drug-likeness (QED) is 0.640. The van der Waals surface area contributed by atoms with E-state index in [1.54, 1.807) is 20.1 Å². The Morgan fingerprint density at radius 3 is 2.64 bits per heavy atom. The second-order valence-electron chi connectivity index (χ2n) is 9.74. The molecule has 1 aromatic carbocycles. The van der Waals surface area contributed by atoms with E-state index in [1.165, 1.54) is 19.6 Å². The number of carbonyl (C=O) groups excluding carboxylic acids is 1. The van der Waals surface area contributed by atoms with E-state index in [0.29, 0.717) is 36.1 Å². The first-order chi connectivity index (χ1) is 15.8. The molecule has 33 heavy (non-hydrogen) atoms. The Balaban J connectivity index is 1.29. The third-order valence-electron chi connectivity index (χ3n) is 6.96. The molecule has 1 saturated heterocycles. The summed E-state index contributed by atoms with van der Waals surface area (Å²) in [5, 5.41) is 2.73. The summed E-state index contributed by atoms with van der Waals surface area (Å²) in [6.07, 6.45) is 3.36. The van der Waals surface area contributed by atoms with Crippen LogP contribution in [-0.4, -0.2) is 49.9 Å². The number of oxazole rings is 1. The molecule has 3 aliphatic rings. The number of hydrogen-bond acceptors (Lipinski definition) is 7. The number of anilines is 2. The van der Waals surface area contributed by atoms with Crippen LogP contribution in [0.15, 0.2) is 16.5 Å². The lowest BCUT2D eigenvalue weighted by atomic mass is 9.97. The van der Waals surface area contributed by atoms with Gasteiger partial charge in [0.05, 0.1) is 19.2 Å². The van der Waals surface area contributed by atoms with Crippen LogP contribution >= 0.6 is 0 Å². The lowest BCUT2D eigenvalue weighted by molar-refractivity contribution is -0.0192. The molecule has 0 spiro atoms. The number of aromatic nitrogens is 1. The summed E-state index contributed by atoms with van der Waals surface area (Å²) in [6.45, 7) is 5.08. The third kappa shape index (κ3) is 4.31. The van der Waals surface area contributed by atoms with Gasteiger partial charge in [0, 0.05) is 26.0 Å². The molecular weight excluding hydrogens is 429 g/mol. The molecule has 9 heteroatoms. The first-order valence-corrected chi connectivity index (χ1v) is 11.4. The SMILES string of the molecule is COCc1oc(N2CC(C)(OC)C2)nc1C(=O)Nc1cc(C)c(OC2CC3CC3C2)c(F)c1. The monoisotopic (exact) mass is 459 g/mol. The van der Waals surface area contributed by atoms with Gasteiger partial charge in [0.15, 0.2) is 23.0 Å². The molecule has 1 N–H and O–H groups in total. The fourth-order valence-electron chi connectivity index (χ4n) is 4.97. The van der Waals surface area contributed by atoms with Gasteiger partial charge in [-0.3, -0.25) is 4.79 Å². The van der Waals surface area contributed by atoms with E-state index in [4.69, 9.17) is 18.6 Å². The number of rotatable bonds is 8. The van der Waals surface area contributed by atoms with Gasteiger partial charge in [-0.1, -0.05) is 0 Å². The summed E-state index contributed by atoms with van der Waals surface area (Å²) < 4.78 is 37.2. The summed E-state index contributed by atoms with van der Waals surface area (Å²) in [5.74, 6) is 1.11. The number of aryl methyl sites for hydroxylation is 1. The lowest BCUT2D eigenvalue weighted by Crippen LogP contribution is -2.61. The third-order valence-corrected chi connectivity index (χ3v) is 6.96. The van der Waals surface area contributed by atoms with E-state index < -0.39 is 11.7 Å². The molecule has 2 saturated carbocycles. The van der Waals surface area contributed by atoms with Crippen LogP contribution in [0.1, 0.15) is 48.0 Å². The largest absolute Gasteiger partial charge is 0.487 e. The summed E-state index contributed by atoms with van der Waals surface area (Å²) in [4.78, 5) is 19.2. The Kier molecular flexibility index (Phi) is 5.56. The van der Waals surface area contributed by atoms with Gasteiger partial charge in [-0.25, -0.2) is 4.39 Å². The van der Waals surface area contributed by atoms with Crippen molar-refractivity contribution in [2.24, 2.45) is 11.8 Å². The zero-order valence-corrected chi connectivity index (χ0v) is 19.4. The van der Waals surface area contributed by atoms with Crippen LogP contribution in [0.4, 0.5) is 16.1 Å². The van der Waals surface area contributed by atoms with E-state index in [0.717, 1.165) is 24.7 Å². The Bertz CT molecular complexity index is 1030. The molecule has 8 nitrogen and oxygen atoms in total. The lowest BCUT2D eigenvalue weighted by Gasteiger charge is -2.45. The number of amides is 1. The van der Waals surface area contributed by atoms with Gasteiger partial charge >= 0.3 is 0 Å². The van der Waals surface area contributed by atoms with Gasteiger partial charge in [0.1, 0.15) is 12.2 Å². The van der Waals surface area contributed by atoms with Crippen molar-refractivity contribution >= 4 is 17.6 Å². The molecule has 0 bridgehead atoms. The Hall–Kier alpha value is -2.65. The Labute approximate surface area is 192 Å². The van der Waals surface area contributed by atoms with Crippen molar-refractivity contribution in [3.63, 3.8) is 0 Å². The molecule has 1 aliphatic heterocycles. The highest BCUT2D eigenvalue weighted by Gasteiger charge is 2.47. The summed E-state index contributed by atoms with van der Waals surface area (Å²) >= 11 is 0. The van der Waals surface area contributed by atoms with Gasteiger partial charge < -0.3 is 28.8 Å². The van der Waals surface area contributed by atoms with Gasteiger partial charge in [-0.15, -0.1) is 0 Å². The molecule has 2 aliphatic carbocycles. The van der Waals surface area contributed by atoms with E-state index in [2.05, 4.69) is 10.3 Å². The summed E-state index contributed by atoms with van der Waals surface area (Å²) in [6, 6.07) is 3.33. The highest BCUT2D eigenvalue weighted by molar-refractivity contribution is 6.03. The molecule has 2 aromatic rings. The Morgan fingerprint density at radius 1 is 1.27 bits per heavy atom. The highest BCUT2D eigenvalue weighted by Crippen LogP contribution is 2.52. The van der Waals surface area contributed by atoms with Crippen molar-refractivity contribution in [2.75, 3.05) is 37.5 Å². The van der Waals surface area contributed by atoms with Crippen LogP contribution in [0.25, 0.3) is 0 Å². The average Bonchev–Trinajstić information content (AvgIpc) is 3.16. The van der Waals surface area contributed by atoms with E-state index in [9.17, 15) is 9.18 Å². The highest BCUT2D eigenvalue weighted by atomic mass is 19.1. The number of hydrogen-bond donors (Lipinski definition) is 1. The molecule has 2 atom stereocenters. The predicted molar refractivity (Wildman–Crippen MR) is 119 cm³/mol. The number of halogens is 1. The zero-order valence-electron chi connectivity index (χ0n) is 19.4. The minimum Gasteiger partial charge on any atom is -0.487 e. The molecule has 2 unspecified atom stereocenters. The zero-order chi connectivity index (χ0) is 23.3. The average molecular weight is 460 g/mol. The van der Waals surface area contributed by atoms with E-state index >= 15 is 0 Å². The first kappa shape index (κ1) is 22.2. The molecule has 5 rings (SSSR count). The van der Waals surface area contributed by atoms with Crippen molar-refractivity contribution in [1.82, 2.24) is 4.98 Å². The maximum Gasteiger partial charge on any atom is 0.298 e. The maximum absolute atomic E-state index is 14.8. The van der Waals surface area contributed by atoms with Crippen molar-refractivity contribution < 1.29 is 27.8 Å². The van der Waals surface area contributed by atoms with Crippen molar-refractivity contribution in [2.45, 2.75) is 51.4 Å². The second-order valence-corrected chi connectivity index (χ2v) is 9.74. The van der Waals surface area contributed by atoms with Crippen LogP contribution in [0.5, 0.6) is 5.75 Å². The van der Waals surface area contributed by atoms with Crippen molar-refractivity contribution in [3.8, 4) is 5.75 Å². The first-order valence-electron chi connectivity index (χ1n) is 11.4. The van der Waals surface area contributed by atoms with Gasteiger partial charge in [0.25, 0.3) is 11.9 Å². The Morgan fingerprint density at radius 2 is 2.00 bits per heavy atom. The number of nitrogens with zero attached hydrogens (tertiary/aromatic N) is 2. The van der Waals surface area contributed by atoms with E-state index in [1.807, 2.05) is 11.8 Å². The van der Waals surface area contributed by atoms with Gasteiger partial charge in [-0.05, 0) is 56.6 Å². The smallest absolute Gasteiger partial charge is 0.298 e. The molecule has 2 heterocycles. The number of fused-ring (bicyclic) bond motifs is 1. The number of nitrogens with one attached hydrogen (secondary N) is 1. The minimum absolute atomic E-state index is 0.0778. The minimum atomic E-state index is -0.490.